The van der Waals surface area contributed by atoms with E-state index >= 15 is 0 Å². The smallest absolute Gasteiger partial charge is 0.338 e. The molecule has 0 heterocycles. The van der Waals surface area contributed by atoms with Gasteiger partial charge < -0.3 is 15.8 Å². The van der Waals surface area contributed by atoms with Gasteiger partial charge in [-0.2, -0.15) is 0 Å². The van der Waals surface area contributed by atoms with Gasteiger partial charge in [-0.25, -0.2) is 4.79 Å². The minimum absolute atomic E-state index is 0.299. The van der Waals surface area contributed by atoms with E-state index in [1.807, 2.05) is 0 Å². The average molecular weight is 292 g/mol. The topological polar surface area (TPSA) is 64.3 Å². The summed E-state index contributed by atoms with van der Waals surface area (Å²) < 4.78 is 5.22. The van der Waals surface area contributed by atoms with E-state index in [0.717, 1.165) is 0 Å². The summed E-state index contributed by atoms with van der Waals surface area (Å²) in [5, 5.41) is 3.38. The van der Waals surface area contributed by atoms with Crippen molar-refractivity contribution in [2.24, 2.45) is 0 Å². The van der Waals surface area contributed by atoms with E-state index in [2.05, 4.69) is 19.2 Å². The molecule has 0 saturated carbocycles. The van der Waals surface area contributed by atoms with Crippen LogP contribution < -0.4 is 11.1 Å². The Hall–Kier alpha value is -1.55. The highest BCUT2D eigenvalue weighted by molar-refractivity contribution is 5.89. The second-order valence-corrected chi connectivity index (χ2v) is 5.46. The van der Waals surface area contributed by atoms with E-state index in [0.29, 0.717) is 30.4 Å². The Morgan fingerprint density at radius 2 is 1.95 bits per heavy atom. The van der Waals surface area contributed by atoms with Gasteiger partial charge in [0.1, 0.15) is 6.61 Å². The lowest BCUT2D eigenvalue weighted by Gasteiger charge is -2.13. The molecule has 118 valence electrons. The molecule has 1 aromatic carbocycles. The van der Waals surface area contributed by atoms with Crippen molar-refractivity contribution in [2.75, 3.05) is 18.9 Å². The van der Waals surface area contributed by atoms with Crippen LogP contribution in [-0.2, 0) is 4.74 Å². The fraction of sp³-hybridized carbons (Fsp3) is 0.588. The molecule has 4 nitrogen and oxygen atoms in total. The number of carbonyl (C=O) groups is 1. The van der Waals surface area contributed by atoms with Crippen molar-refractivity contribution in [3.05, 3.63) is 29.8 Å². The highest BCUT2D eigenvalue weighted by atomic mass is 16.5. The fourth-order valence-electron chi connectivity index (χ4n) is 2.13. The molecule has 0 aliphatic carbocycles. The Balaban J connectivity index is 2.10. The zero-order valence-electron chi connectivity index (χ0n) is 13.2. The molecular weight excluding hydrogens is 264 g/mol. The number of ether oxygens (including phenoxy) is 1. The molecule has 0 fully saturated rings. The summed E-state index contributed by atoms with van der Waals surface area (Å²) in [6.45, 7) is 5.48. The van der Waals surface area contributed by atoms with Crippen LogP contribution in [0.5, 0.6) is 0 Å². The highest BCUT2D eigenvalue weighted by Gasteiger charge is 2.06. The highest BCUT2D eigenvalue weighted by Crippen LogP contribution is 2.07. The number of hydrogen-bond donors (Lipinski definition) is 2. The van der Waals surface area contributed by atoms with Gasteiger partial charge in [0.2, 0.25) is 0 Å². The van der Waals surface area contributed by atoms with Gasteiger partial charge >= 0.3 is 5.97 Å². The molecule has 0 aliphatic heterocycles. The molecule has 0 saturated heterocycles. The van der Waals surface area contributed by atoms with Crippen LogP contribution in [0, 0.1) is 0 Å². The number of unbranched alkanes of at least 4 members (excludes halogenated alkanes) is 3. The molecule has 1 rings (SSSR count). The molecule has 4 heteroatoms. The van der Waals surface area contributed by atoms with Gasteiger partial charge in [0.15, 0.2) is 0 Å². The second kappa shape index (κ2) is 10.2. The van der Waals surface area contributed by atoms with Crippen LogP contribution in [0.3, 0.4) is 0 Å². The zero-order chi connectivity index (χ0) is 15.5. The number of nitrogen functional groups attached to an aromatic ring is 1. The minimum Gasteiger partial charge on any atom is -0.461 e. The number of rotatable bonds is 10. The molecule has 0 radical (unpaired) electrons. The van der Waals surface area contributed by atoms with Crippen molar-refractivity contribution < 1.29 is 9.53 Å². The minimum atomic E-state index is -0.299. The van der Waals surface area contributed by atoms with Crippen LogP contribution in [0.25, 0.3) is 0 Å². The van der Waals surface area contributed by atoms with E-state index in [4.69, 9.17) is 10.5 Å². The van der Waals surface area contributed by atoms with E-state index in [1.54, 1.807) is 24.3 Å². The Bertz CT molecular complexity index is 404. The molecular formula is C17H28N2O2. The van der Waals surface area contributed by atoms with Crippen molar-refractivity contribution in [1.82, 2.24) is 5.32 Å². The summed E-state index contributed by atoms with van der Waals surface area (Å²) in [7, 11) is 0. The molecule has 0 unspecified atom stereocenters. The van der Waals surface area contributed by atoms with E-state index in [-0.39, 0.29) is 5.97 Å². The normalized spacial score (nSPS) is 12.1. The molecule has 0 bridgehead atoms. The Kier molecular flexibility index (Phi) is 8.51. The first kappa shape index (κ1) is 17.5. The number of benzene rings is 1. The Morgan fingerprint density at radius 3 is 2.62 bits per heavy atom. The van der Waals surface area contributed by atoms with Gasteiger partial charge in [-0.15, -0.1) is 0 Å². The van der Waals surface area contributed by atoms with Crippen molar-refractivity contribution in [3.8, 4) is 0 Å². The van der Waals surface area contributed by atoms with Gasteiger partial charge in [-0.1, -0.05) is 32.6 Å². The monoisotopic (exact) mass is 292 g/mol. The van der Waals surface area contributed by atoms with Crippen molar-refractivity contribution in [2.45, 2.75) is 52.0 Å². The molecule has 1 atom stereocenters. The number of nitrogens with one attached hydrogen (secondary N) is 1. The fourth-order valence-corrected chi connectivity index (χ4v) is 2.13. The predicted molar refractivity (Wildman–Crippen MR) is 87.4 cm³/mol. The third-order valence-corrected chi connectivity index (χ3v) is 3.47. The van der Waals surface area contributed by atoms with Crippen LogP contribution in [-0.4, -0.2) is 25.2 Å². The molecule has 0 aromatic heterocycles. The summed E-state index contributed by atoms with van der Waals surface area (Å²) in [6, 6.07) is 7.24. The van der Waals surface area contributed by atoms with Crippen molar-refractivity contribution in [3.63, 3.8) is 0 Å². The van der Waals surface area contributed by atoms with Gasteiger partial charge in [0, 0.05) is 18.3 Å². The maximum atomic E-state index is 11.8. The molecule has 0 spiro atoms. The molecule has 0 aliphatic rings. The second-order valence-electron chi connectivity index (χ2n) is 5.46. The number of esters is 1. The lowest BCUT2D eigenvalue weighted by molar-refractivity contribution is 0.0506. The first-order chi connectivity index (χ1) is 10.1. The molecule has 1 aromatic rings. The lowest BCUT2D eigenvalue weighted by atomic mass is 10.1. The number of carbonyl (C=O) groups excluding carboxylic acids is 1. The first-order valence-corrected chi connectivity index (χ1v) is 7.89. The lowest BCUT2D eigenvalue weighted by Crippen LogP contribution is -2.30. The van der Waals surface area contributed by atoms with Crippen LogP contribution in [0.2, 0.25) is 0 Å². The molecule has 0 amide bonds. The Morgan fingerprint density at radius 1 is 1.24 bits per heavy atom. The maximum absolute atomic E-state index is 11.8. The van der Waals surface area contributed by atoms with Gasteiger partial charge in [0.25, 0.3) is 0 Å². The van der Waals surface area contributed by atoms with Gasteiger partial charge in [-0.3, -0.25) is 0 Å². The molecule has 21 heavy (non-hydrogen) atoms. The maximum Gasteiger partial charge on any atom is 0.338 e. The summed E-state index contributed by atoms with van der Waals surface area (Å²) in [5.41, 5.74) is 6.76. The third kappa shape index (κ3) is 7.71. The third-order valence-electron chi connectivity index (χ3n) is 3.47. The summed E-state index contributed by atoms with van der Waals surface area (Å²) in [5.74, 6) is -0.299. The summed E-state index contributed by atoms with van der Waals surface area (Å²) in [6.07, 6.45) is 6.31. The SMILES string of the molecule is CCCCCC[C@H](C)NCCOC(=O)c1ccc(N)cc1. The van der Waals surface area contributed by atoms with Crippen LogP contribution in [0.4, 0.5) is 5.69 Å². The van der Waals surface area contributed by atoms with Crippen LogP contribution in [0.15, 0.2) is 24.3 Å². The molecule has 3 N–H and O–H groups in total. The van der Waals surface area contributed by atoms with E-state index < -0.39 is 0 Å². The first-order valence-electron chi connectivity index (χ1n) is 7.89. The van der Waals surface area contributed by atoms with Crippen LogP contribution in [0.1, 0.15) is 56.3 Å². The van der Waals surface area contributed by atoms with Gasteiger partial charge in [-0.05, 0) is 37.6 Å². The standard InChI is InChI=1S/C17H28N2O2/c1-3-4-5-6-7-14(2)19-12-13-21-17(20)15-8-10-16(18)11-9-15/h8-11,14,19H,3-7,12-13,18H2,1-2H3/t14-/m0/s1. The van der Waals surface area contributed by atoms with Crippen LogP contribution >= 0.6 is 0 Å². The number of hydrogen-bond acceptors (Lipinski definition) is 4. The summed E-state index contributed by atoms with van der Waals surface area (Å²) in [4.78, 5) is 11.8. The van der Waals surface area contributed by atoms with Crippen molar-refractivity contribution >= 4 is 11.7 Å². The number of anilines is 1. The number of nitrogens with two attached hydrogens (primary N) is 1. The quantitative estimate of drug-likeness (QED) is 0.394. The average Bonchev–Trinajstić information content (AvgIpc) is 2.48. The van der Waals surface area contributed by atoms with E-state index in [9.17, 15) is 4.79 Å². The van der Waals surface area contributed by atoms with E-state index in [1.165, 1.54) is 32.1 Å². The van der Waals surface area contributed by atoms with Crippen molar-refractivity contribution in [1.29, 1.82) is 0 Å². The Labute approximate surface area is 128 Å². The summed E-state index contributed by atoms with van der Waals surface area (Å²) >= 11 is 0. The predicted octanol–water partition coefficient (Wildman–Crippen LogP) is 3.37. The largest absolute Gasteiger partial charge is 0.461 e. The van der Waals surface area contributed by atoms with Gasteiger partial charge in [0.05, 0.1) is 5.56 Å². The zero-order valence-corrected chi connectivity index (χ0v) is 13.2.